The van der Waals surface area contributed by atoms with Crippen LogP contribution in [0.4, 0.5) is 18.9 Å². The molecule has 8 nitrogen and oxygen atoms in total. The Bertz CT molecular complexity index is 923. The van der Waals surface area contributed by atoms with Crippen molar-refractivity contribution >= 4 is 23.3 Å². The number of alkyl halides is 3. The van der Waals surface area contributed by atoms with Crippen molar-refractivity contribution in [2.75, 3.05) is 13.7 Å². The van der Waals surface area contributed by atoms with Crippen LogP contribution in [0.25, 0.3) is 0 Å². The second-order valence-corrected chi connectivity index (χ2v) is 6.21. The summed E-state index contributed by atoms with van der Waals surface area (Å²) >= 11 is 5.86. The highest BCUT2D eigenvalue weighted by atomic mass is 35.5. The van der Waals surface area contributed by atoms with Gasteiger partial charge in [-0.25, -0.2) is 5.48 Å². The van der Waals surface area contributed by atoms with Crippen LogP contribution in [0.3, 0.4) is 0 Å². The molecule has 0 atom stereocenters. The van der Waals surface area contributed by atoms with Crippen molar-refractivity contribution in [3.05, 3.63) is 62.7 Å². The number of rotatable bonds is 9. The van der Waals surface area contributed by atoms with Crippen molar-refractivity contribution in [1.82, 2.24) is 5.48 Å². The summed E-state index contributed by atoms with van der Waals surface area (Å²) in [5, 5.41) is 10.9. The van der Waals surface area contributed by atoms with Crippen LogP contribution >= 0.6 is 11.6 Å². The molecular weight excluding hydrogens is 433 g/mol. The van der Waals surface area contributed by atoms with E-state index in [9.17, 15) is 28.1 Å². The molecule has 0 aliphatic heterocycles. The lowest BCUT2D eigenvalue weighted by atomic mass is 10.2. The maximum atomic E-state index is 12.7. The maximum Gasteiger partial charge on any atom is 0.416 e. The molecular formula is C18H16ClF3N2O6. The number of ether oxygens (including phenoxy) is 2. The Morgan fingerprint density at radius 2 is 1.97 bits per heavy atom. The molecule has 0 saturated carbocycles. The molecule has 0 aromatic heterocycles. The van der Waals surface area contributed by atoms with Gasteiger partial charge in [0.15, 0.2) is 0 Å². The number of carbonyl (C=O) groups excluding carboxylic acids is 1. The zero-order valence-corrected chi connectivity index (χ0v) is 16.2. The second kappa shape index (κ2) is 10.2. The van der Waals surface area contributed by atoms with Crippen molar-refractivity contribution in [3.63, 3.8) is 0 Å². The van der Waals surface area contributed by atoms with E-state index in [2.05, 4.69) is 10.2 Å². The standard InChI is InChI=1S/C18H16ClF3N2O6/c1-28-17(25)6-7-23-29-10-11-8-13(3-4-15(11)24(26)27)30-16-5-2-12(9-14(16)19)18(20,21)22/h2-5,8-9,23H,6-7,10H2,1H3. The predicted molar refractivity (Wildman–Crippen MR) is 99.0 cm³/mol. The minimum absolute atomic E-state index is 0.0359. The molecule has 0 bridgehead atoms. The highest BCUT2D eigenvalue weighted by Gasteiger charge is 2.31. The summed E-state index contributed by atoms with van der Waals surface area (Å²) in [6.45, 7) is -0.118. The number of hydroxylamine groups is 1. The van der Waals surface area contributed by atoms with Gasteiger partial charge >= 0.3 is 12.1 Å². The summed E-state index contributed by atoms with van der Waals surface area (Å²) in [4.78, 5) is 26.7. The Morgan fingerprint density at radius 3 is 2.57 bits per heavy atom. The fourth-order valence-corrected chi connectivity index (χ4v) is 2.48. The van der Waals surface area contributed by atoms with Crippen molar-refractivity contribution in [3.8, 4) is 11.5 Å². The average Bonchev–Trinajstić information content (AvgIpc) is 2.68. The number of esters is 1. The number of halogens is 4. The molecule has 0 amide bonds. The van der Waals surface area contributed by atoms with E-state index in [0.717, 1.165) is 18.2 Å². The van der Waals surface area contributed by atoms with Gasteiger partial charge in [0.25, 0.3) is 5.69 Å². The zero-order valence-electron chi connectivity index (χ0n) is 15.5. The van der Waals surface area contributed by atoms with Crippen molar-refractivity contribution in [2.24, 2.45) is 0 Å². The molecule has 12 heteroatoms. The Hall–Kier alpha value is -2.89. The molecule has 2 aromatic carbocycles. The van der Waals surface area contributed by atoms with Crippen LogP contribution in [0.1, 0.15) is 17.5 Å². The molecule has 1 N–H and O–H groups in total. The Labute approximate surface area is 173 Å². The van der Waals surface area contributed by atoms with Gasteiger partial charge in [0, 0.05) is 12.6 Å². The Morgan fingerprint density at radius 1 is 1.23 bits per heavy atom. The van der Waals surface area contributed by atoms with Gasteiger partial charge < -0.3 is 9.47 Å². The first-order valence-corrected chi connectivity index (χ1v) is 8.73. The van der Waals surface area contributed by atoms with Gasteiger partial charge in [-0.1, -0.05) is 11.6 Å². The van der Waals surface area contributed by atoms with E-state index < -0.39 is 22.6 Å². The van der Waals surface area contributed by atoms with E-state index in [-0.39, 0.29) is 47.3 Å². The van der Waals surface area contributed by atoms with Gasteiger partial charge in [0.05, 0.1) is 34.6 Å². The van der Waals surface area contributed by atoms with Gasteiger partial charge in [0.2, 0.25) is 0 Å². The van der Waals surface area contributed by atoms with E-state index in [1.54, 1.807) is 0 Å². The fourth-order valence-electron chi connectivity index (χ4n) is 2.26. The van der Waals surface area contributed by atoms with E-state index in [1.807, 2.05) is 0 Å². The summed E-state index contributed by atoms with van der Waals surface area (Å²) in [7, 11) is 1.24. The first-order chi connectivity index (χ1) is 14.1. The second-order valence-electron chi connectivity index (χ2n) is 5.80. The van der Waals surface area contributed by atoms with Crippen LogP contribution in [0.2, 0.25) is 5.02 Å². The number of benzene rings is 2. The highest BCUT2D eigenvalue weighted by Crippen LogP contribution is 2.37. The molecule has 0 fully saturated rings. The van der Waals surface area contributed by atoms with Gasteiger partial charge in [-0.05, 0) is 30.3 Å². The third-order valence-corrected chi connectivity index (χ3v) is 4.02. The van der Waals surface area contributed by atoms with Gasteiger partial charge in [-0.3, -0.25) is 19.7 Å². The fraction of sp³-hybridized carbons (Fsp3) is 0.278. The van der Waals surface area contributed by atoms with Crippen LogP contribution in [0.15, 0.2) is 36.4 Å². The summed E-state index contributed by atoms with van der Waals surface area (Å²) in [5.41, 5.74) is 1.41. The highest BCUT2D eigenvalue weighted by molar-refractivity contribution is 6.32. The monoisotopic (exact) mass is 448 g/mol. The number of nitrogens with zero attached hydrogens (tertiary/aromatic N) is 1. The molecule has 0 unspecified atom stereocenters. The van der Waals surface area contributed by atoms with Crippen molar-refractivity contribution < 1.29 is 37.2 Å². The molecule has 162 valence electrons. The topological polar surface area (TPSA) is 99.9 Å². The van der Waals surface area contributed by atoms with E-state index in [0.29, 0.717) is 0 Å². The molecule has 0 saturated heterocycles. The first kappa shape index (κ1) is 23.4. The van der Waals surface area contributed by atoms with Gasteiger partial charge in [-0.15, -0.1) is 0 Å². The largest absolute Gasteiger partial charge is 0.469 e. The van der Waals surface area contributed by atoms with E-state index in [4.69, 9.17) is 21.2 Å². The number of nitro benzene ring substituents is 1. The minimum Gasteiger partial charge on any atom is -0.469 e. The summed E-state index contributed by atoms with van der Waals surface area (Å²) in [6.07, 6.45) is -4.52. The average molecular weight is 449 g/mol. The van der Waals surface area contributed by atoms with Crippen molar-refractivity contribution in [2.45, 2.75) is 19.2 Å². The molecule has 2 aromatic rings. The summed E-state index contributed by atoms with van der Waals surface area (Å²) in [6, 6.07) is 6.32. The zero-order chi connectivity index (χ0) is 22.3. The molecule has 0 spiro atoms. The molecule has 2 rings (SSSR count). The summed E-state index contributed by atoms with van der Waals surface area (Å²) in [5.74, 6) is -0.405. The molecule has 0 radical (unpaired) electrons. The normalized spacial score (nSPS) is 11.2. The van der Waals surface area contributed by atoms with Crippen LogP contribution in [-0.4, -0.2) is 24.5 Å². The molecule has 0 aliphatic carbocycles. The lowest BCUT2D eigenvalue weighted by molar-refractivity contribution is -0.386. The third-order valence-electron chi connectivity index (χ3n) is 3.72. The molecule has 30 heavy (non-hydrogen) atoms. The smallest absolute Gasteiger partial charge is 0.416 e. The summed E-state index contributed by atoms with van der Waals surface area (Å²) < 4.78 is 48.1. The number of methoxy groups -OCH3 is 1. The molecule has 0 heterocycles. The molecule has 0 aliphatic rings. The first-order valence-electron chi connectivity index (χ1n) is 8.35. The maximum absolute atomic E-state index is 12.7. The number of nitrogens with one attached hydrogen (secondary N) is 1. The van der Waals surface area contributed by atoms with Crippen molar-refractivity contribution in [1.29, 1.82) is 0 Å². The number of nitro groups is 1. The van der Waals surface area contributed by atoms with Crippen LogP contribution in [0.5, 0.6) is 11.5 Å². The minimum atomic E-state index is -4.55. The number of hydrogen-bond acceptors (Lipinski definition) is 7. The lowest BCUT2D eigenvalue weighted by Gasteiger charge is -2.12. The number of hydrogen-bond donors (Lipinski definition) is 1. The lowest BCUT2D eigenvalue weighted by Crippen LogP contribution is -2.19. The third kappa shape index (κ3) is 6.58. The number of carbonyl (C=O) groups is 1. The van der Waals surface area contributed by atoms with E-state index >= 15 is 0 Å². The van der Waals surface area contributed by atoms with Crippen LogP contribution < -0.4 is 10.2 Å². The van der Waals surface area contributed by atoms with Crippen LogP contribution in [0, 0.1) is 10.1 Å². The Kier molecular flexibility index (Phi) is 7.98. The van der Waals surface area contributed by atoms with Gasteiger partial charge in [-0.2, -0.15) is 13.2 Å². The van der Waals surface area contributed by atoms with Crippen LogP contribution in [-0.2, 0) is 27.2 Å². The van der Waals surface area contributed by atoms with E-state index in [1.165, 1.54) is 25.3 Å². The predicted octanol–water partition coefficient (Wildman–Crippen LogP) is 4.64. The quantitative estimate of drug-likeness (QED) is 0.258. The Balaban J connectivity index is 2.11. The SMILES string of the molecule is COC(=O)CCNOCc1cc(Oc2ccc(C(F)(F)F)cc2Cl)ccc1[N+](=O)[O-]. The van der Waals surface area contributed by atoms with Gasteiger partial charge in [0.1, 0.15) is 18.1 Å².